The summed E-state index contributed by atoms with van der Waals surface area (Å²) in [5.41, 5.74) is 2.04. The Morgan fingerprint density at radius 3 is 2.48 bits per heavy atom. The van der Waals surface area contributed by atoms with Crippen molar-refractivity contribution in [2.75, 3.05) is 38.2 Å². The van der Waals surface area contributed by atoms with E-state index >= 15 is 0 Å². The fourth-order valence-corrected chi connectivity index (χ4v) is 2.54. The predicted octanol–water partition coefficient (Wildman–Crippen LogP) is 2.67. The van der Waals surface area contributed by atoms with Crippen molar-refractivity contribution < 1.29 is 4.74 Å². The lowest BCUT2D eigenvalue weighted by Crippen LogP contribution is -2.44. The smallest absolute Gasteiger partial charge is 0.142 e. The molecule has 1 fully saturated rings. The molecule has 122 valence electrons. The van der Waals surface area contributed by atoms with Gasteiger partial charge in [-0.05, 0) is 24.3 Å². The van der Waals surface area contributed by atoms with Crippen LogP contribution in [0.15, 0.2) is 53.8 Å². The molecule has 0 bridgehead atoms. The summed E-state index contributed by atoms with van der Waals surface area (Å²) in [5, 5.41) is 6.60. The number of para-hydroxylation sites is 2. The highest BCUT2D eigenvalue weighted by atomic mass is 35.5. The van der Waals surface area contributed by atoms with Crippen LogP contribution in [0.5, 0.6) is 5.75 Å². The number of hydrogen-bond donors (Lipinski definition) is 0. The topological polar surface area (TPSA) is 41.0 Å². The summed E-state index contributed by atoms with van der Waals surface area (Å²) < 4.78 is 5.44. The molecular formula is C17H21ClN4O. The molecule has 0 saturated carbocycles. The van der Waals surface area contributed by atoms with Crippen LogP contribution in [0.3, 0.4) is 0 Å². The molecule has 2 heterocycles. The van der Waals surface area contributed by atoms with Gasteiger partial charge in [0.1, 0.15) is 5.75 Å². The maximum Gasteiger partial charge on any atom is 0.142 e. The zero-order valence-corrected chi connectivity index (χ0v) is 13.9. The maximum atomic E-state index is 5.44. The minimum absolute atomic E-state index is 0. The normalized spacial score (nSPS) is 14.7. The summed E-state index contributed by atoms with van der Waals surface area (Å²) in [6, 6.07) is 14.0. The molecule has 1 aromatic carbocycles. The zero-order valence-electron chi connectivity index (χ0n) is 13.1. The lowest BCUT2D eigenvalue weighted by Gasteiger charge is -2.35. The summed E-state index contributed by atoms with van der Waals surface area (Å²) in [6.45, 7) is 3.64. The Kier molecular flexibility index (Phi) is 6.23. The van der Waals surface area contributed by atoms with Gasteiger partial charge in [0.15, 0.2) is 0 Å². The van der Waals surface area contributed by atoms with E-state index in [0.717, 1.165) is 43.3 Å². The highest BCUT2D eigenvalue weighted by Crippen LogP contribution is 2.28. The van der Waals surface area contributed by atoms with Crippen LogP contribution in [-0.2, 0) is 0 Å². The molecule has 1 aliphatic heterocycles. The number of aromatic nitrogens is 1. The fourth-order valence-electron chi connectivity index (χ4n) is 2.54. The SMILES string of the molecule is COc1ccccc1N1CCN(N=Cc2ccccn2)CC1.Cl. The summed E-state index contributed by atoms with van der Waals surface area (Å²) in [7, 11) is 1.71. The molecule has 3 rings (SSSR count). The molecule has 0 spiro atoms. The minimum Gasteiger partial charge on any atom is -0.495 e. The van der Waals surface area contributed by atoms with Gasteiger partial charge in [0, 0.05) is 19.3 Å². The van der Waals surface area contributed by atoms with Crippen LogP contribution >= 0.6 is 12.4 Å². The number of piperazine rings is 1. The van der Waals surface area contributed by atoms with Crippen LogP contribution in [0.25, 0.3) is 0 Å². The Morgan fingerprint density at radius 2 is 1.78 bits per heavy atom. The van der Waals surface area contributed by atoms with Gasteiger partial charge in [-0.3, -0.25) is 9.99 Å². The monoisotopic (exact) mass is 332 g/mol. The highest BCUT2D eigenvalue weighted by molar-refractivity contribution is 5.85. The Labute approximate surface area is 143 Å². The standard InChI is InChI=1S/C17H20N4O.ClH/c1-22-17-8-3-2-7-16(17)20-10-12-21(13-11-20)19-14-15-6-4-5-9-18-15;/h2-9,14H,10-13H2,1H3;1H. The summed E-state index contributed by atoms with van der Waals surface area (Å²) in [6.07, 6.45) is 3.60. The van der Waals surface area contributed by atoms with E-state index in [0.29, 0.717) is 0 Å². The number of rotatable bonds is 4. The molecule has 1 aromatic heterocycles. The van der Waals surface area contributed by atoms with E-state index in [2.05, 4.69) is 26.1 Å². The van der Waals surface area contributed by atoms with Crippen LogP contribution < -0.4 is 9.64 Å². The van der Waals surface area contributed by atoms with Crippen LogP contribution in [0.4, 0.5) is 5.69 Å². The molecule has 6 heteroatoms. The second kappa shape index (κ2) is 8.39. The summed E-state index contributed by atoms with van der Waals surface area (Å²) in [5.74, 6) is 0.924. The second-order valence-corrected chi connectivity index (χ2v) is 5.11. The van der Waals surface area contributed by atoms with Crippen LogP contribution in [0.2, 0.25) is 0 Å². The van der Waals surface area contributed by atoms with Crippen LogP contribution in [0, 0.1) is 0 Å². The third-order valence-corrected chi connectivity index (χ3v) is 3.72. The summed E-state index contributed by atoms with van der Waals surface area (Å²) in [4.78, 5) is 6.58. The molecule has 1 aliphatic rings. The first kappa shape index (κ1) is 17.1. The van der Waals surface area contributed by atoms with Gasteiger partial charge in [0.25, 0.3) is 0 Å². The van der Waals surface area contributed by atoms with Crippen molar-refractivity contribution >= 4 is 24.3 Å². The molecule has 0 atom stereocenters. The number of ether oxygens (including phenoxy) is 1. The second-order valence-electron chi connectivity index (χ2n) is 5.11. The minimum atomic E-state index is 0. The van der Waals surface area contributed by atoms with Gasteiger partial charge in [-0.25, -0.2) is 0 Å². The quantitative estimate of drug-likeness (QED) is 0.807. The van der Waals surface area contributed by atoms with Crippen molar-refractivity contribution in [1.29, 1.82) is 0 Å². The Morgan fingerprint density at radius 1 is 1.04 bits per heavy atom. The van der Waals surface area contributed by atoms with E-state index < -0.39 is 0 Å². The van der Waals surface area contributed by atoms with Crippen molar-refractivity contribution in [3.8, 4) is 5.75 Å². The molecule has 5 nitrogen and oxygen atoms in total. The van der Waals surface area contributed by atoms with Gasteiger partial charge < -0.3 is 9.64 Å². The van der Waals surface area contributed by atoms with E-state index in [1.165, 1.54) is 0 Å². The van der Waals surface area contributed by atoms with Crippen LogP contribution in [-0.4, -0.2) is 49.5 Å². The van der Waals surface area contributed by atoms with Crippen molar-refractivity contribution in [2.45, 2.75) is 0 Å². The van der Waals surface area contributed by atoms with E-state index in [1.54, 1.807) is 13.3 Å². The van der Waals surface area contributed by atoms with Gasteiger partial charge >= 0.3 is 0 Å². The number of hydrogen-bond acceptors (Lipinski definition) is 5. The van der Waals surface area contributed by atoms with E-state index in [-0.39, 0.29) is 12.4 Å². The molecular weight excluding hydrogens is 312 g/mol. The van der Waals surface area contributed by atoms with Crippen molar-refractivity contribution in [1.82, 2.24) is 9.99 Å². The average molecular weight is 333 g/mol. The first-order valence-corrected chi connectivity index (χ1v) is 7.45. The number of nitrogens with zero attached hydrogens (tertiary/aromatic N) is 4. The lowest BCUT2D eigenvalue weighted by atomic mass is 10.2. The number of anilines is 1. The Hall–Kier alpha value is -2.27. The van der Waals surface area contributed by atoms with E-state index in [4.69, 9.17) is 4.74 Å². The van der Waals surface area contributed by atoms with Crippen molar-refractivity contribution in [2.24, 2.45) is 5.10 Å². The maximum absolute atomic E-state index is 5.44. The number of pyridine rings is 1. The zero-order chi connectivity index (χ0) is 15.2. The van der Waals surface area contributed by atoms with Crippen molar-refractivity contribution in [3.05, 3.63) is 54.4 Å². The van der Waals surface area contributed by atoms with Gasteiger partial charge in [0.2, 0.25) is 0 Å². The molecule has 0 unspecified atom stereocenters. The Balaban J connectivity index is 0.00000192. The summed E-state index contributed by atoms with van der Waals surface area (Å²) >= 11 is 0. The van der Waals surface area contributed by atoms with Gasteiger partial charge in [-0.1, -0.05) is 18.2 Å². The first-order chi connectivity index (χ1) is 10.9. The first-order valence-electron chi connectivity index (χ1n) is 7.45. The molecule has 2 aromatic rings. The van der Waals surface area contributed by atoms with Crippen LogP contribution in [0.1, 0.15) is 5.69 Å². The fraction of sp³-hybridized carbons (Fsp3) is 0.294. The predicted molar refractivity (Wildman–Crippen MR) is 95.9 cm³/mol. The third-order valence-electron chi connectivity index (χ3n) is 3.72. The van der Waals surface area contributed by atoms with E-state index in [1.807, 2.05) is 42.6 Å². The van der Waals surface area contributed by atoms with Gasteiger partial charge in [-0.15, -0.1) is 12.4 Å². The van der Waals surface area contributed by atoms with Gasteiger partial charge in [-0.2, -0.15) is 5.10 Å². The number of hydrazone groups is 1. The molecule has 1 saturated heterocycles. The van der Waals surface area contributed by atoms with Crippen molar-refractivity contribution in [3.63, 3.8) is 0 Å². The van der Waals surface area contributed by atoms with Gasteiger partial charge in [0.05, 0.1) is 37.8 Å². The number of halogens is 1. The molecule has 23 heavy (non-hydrogen) atoms. The molecule has 0 amide bonds. The third kappa shape index (κ3) is 4.36. The largest absolute Gasteiger partial charge is 0.495 e. The molecule has 0 radical (unpaired) electrons. The highest BCUT2D eigenvalue weighted by Gasteiger charge is 2.18. The lowest BCUT2D eigenvalue weighted by molar-refractivity contribution is 0.271. The Bertz CT molecular complexity index is 628. The number of methoxy groups -OCH3 is 1. The number of benzene rings is 1. The molecule has 0 N–H and O–H groups in total. The molecule has 0 aliphatic carbocycles. The average Bonchev–Trinajstić information content (AvgIpc) is 2.61. The van der Waals surface area contributed by atoms with E-state index in [9.17, 15) is 0 Å².